The van der Waals surface area contributed by atoms with E-state index < -0.39 is 0 Å². The van der Waals surface area contributed by atoms with E-state index in [0.29, 0.717) is 19.4 Å². The summed E-state index contributed by atoms with van der Waals surface area (Å²) < 4.78 is 9.90. The van der Waals surface area contributed by atoms with Crippen LogP contribution in [0.5, 0.6) is 5.75 Å². The zero-order valence-corrected chi connectivity index (χ0v) is 10.3. The van der Waals surface area contributed by atoms with Crippen molar-refractivity contribution < 1.29 is 14.3 Å². The maximum absolute atomic E-state index is 11.1. The van der Waals surface area contributed by atoms with Gasteiger partial charge in [0.2, 0.25) is 0 Å². The first kappa shape index (κ1) is 13.3. The molecular weight excluding hydrogens is 216 g/mol. The Balaban J connectivity index is 2.35. The Morgan fingerprint density at radius 1 is 1.29 bits per heavy atom. The number of benzene rings is 1. The normalized spacial score (nSPS) is 10.5. The average molecular weight is 234 g/mol. The van der Waals surface area contributed by atoms with Crippen molar-refractivity contribution in [3.05, 3.63) is 35.9 Å². The molecule has 0 fully saturated rings. The fourth-order valence-electron chi connectivity index (χ4n) is 1.37. The zero-order chi connectivity index (χ0) is 12.5. The number of methoxy groups -OCH3 is 1. The van der Waals surface area contributed by atoms with E-state index in [1.807, 2.05) is 43.3 Å². The minimum absolute atomic E-state index is 0.146. The van der Waals surface area contributed by atoms with Crippen LogP contribution in [0.1, 0.15) is 25.3 Å². The van der Waals surface area contributed by atoms with Gasteiger partial charge in [0.15, 0.2) is 0 Å². The highest BCUT2D eigenvalue weighted by atomic mass is 16.5. The Labute approximate surface area is 102 Å². The van der Waals surface area contributed by atoms with Gasteiger partial charge >= 0.3 is 5.97 Å². The molecule has 0 aliphatic rings. The van der Waals surface area contributed by atoms with Gasteiger partial charge in [-0.05, 0) is 31.0 Å². The van der Waals surface area contributed by atoms with E-state index in [9.17, 15) is 4.79 Å². The predicted molar refractivity (Wildman–Crippen MR) is 67.9 cm³/mol. The van der Waals surface area contributed by atoms with Crippen LogP contribution < -0.4 is 4.74 Å². The summed E-state index contributed by atoms with van der Waals surface area (Å²) in [5, 5.41) is 0. The molecule has 0 heterocycles. The molecule has 92 valence electrons. The molecule has 1 aromatic carbocycles. The van der Waals surface area contributed by atoms with Gasteiger partial charge in [0, 0.05) is 6.42 Å². The molecule has 3 heteroatoms. The van der Waals surface area contributed by atoms with Gasteiger partial charge < -0.3 is 9.47 Å². The lowest BCUT2D eigenvalue weighted by Gasteiger charge is -1.99. The van der Waals surface area contributed by atoms with E-state index in [1.165, 1.54) is 0 Å². The van der Waals surface area contributed by atoms with Crippen LogP contribution in [-0.2, 0) is 9.53 Å². The maximum atomic E-state index is 11.1. The van der Waals surface area contributed by atoms with Gasteiger partial charge in [-0.2, -0.15) is 0 Å². The number of carbonyl (C=O) groups excluding carboxylic acids is 1. The number of rotatable bonds is 6. The molecule has 0 amide bonds. The molecule has 3 nitrogen and oxygen atoms in total. The van der Waals surface area contributed by atoms with E-state index in [0.717, 1.165) is 11.3 Å². The van der Waals surface area contributed by atoms with Crippen molar-refractivity contribution in [2.75, 3.05) is 13.7 Å². The van der Waals surface area contributed by atoms with Gasteiger partial charge in [-0.1, -0.05) is 24.3 Å². The van der Waals surface area contributed by atoms with E-state index in [2.05, 4.69) is 0 Å². The zero-order valence-electron chi connectivity index (χ0n) is 10.3. The van der Waals surface area contributed by atoms with Crippen molar-refractivity contribution >= 4 is 12.0 Å². The molecule has 17 heavy (non-hydrogen) atoms. The molecule has 0 saturated heterocycles. The van der Waals surface area contributed by atoms with E-state index in [-0.39, 0.29) is 5.97 Å². The van der Waals surface area contributed by atoms with Gasteiger partial charge in [0.1, 0.15) is 5.75 Å². The lowest BCUT2D eigenvalue weighted by molar-refractivity contribution is -0.142. The van der Waals surface area contributed by atoms with Gasteiger partial charge in [0.05, 0.1) is 13.7 Å². The molecule has 0 radical (unpaired) electrons. The van der Waals surface area contributed by atoms with Crippen molar-refractivity contribution in [2.24, 2.45) is 0 Å². The van der Waals surface area contributed by atoms with Crippen LogP contribution in [0.25, 0.3) is 6.08 Å². The third-order valence-corrected chi connectivity index (χ3v) is 2.25. The van der Waals surface area contributed by atoms with E-state index >= 15 is 0 Å². The summed E-state index contributed by atoms with van der Waals surface area (Å²) in [6.07, 6.45) is 5.09. The first-order valence-corrected chi connectivity index (χ1v) is 5.72. The average Bonchev–Trinajstić information content (AvgIpc) is 2.36. The summed E-state index contributed by atoms with van der Waals surface area (Å²) >= 11 is 0. The SMILES string of the molecule is CCOC(=O)CC/C=C/c1ccc(OC)cc1. The molecule has 1 aromatic rings. The molecule has 0 spiro atoms. The lowest BCUT2D eigenvalue weighted by atomic mass is 10.2. The van der Waals surface area contributed by atoms with Crippen LogP contribution in [0.3, 0.4) is 0 Å². The minimum Gasteiger partial charge on any atom is -0.497 e. The van der Waals surface area contributed by atoms with Gasteiger partial charge in [-0.3, -0.25) is 4.79 Å². The Morgan fingerprint density at radius 2 is 2.00 bits per heavy atom. The van der Waals surface area contributed by atoms with Gasteiger partial charge in [-0.25, -0.2) is 0 Å². The Morgan fingerprint density at radius 3 is 2.59 bits per heavy atom. The maximum Gasteiger partial charge on any atom is 0.306 e. The quantitative estimate of drug-likeness (QED) is 0.710. The standard InChI is InChI=1S/C14H18O3/c1-3-17-14(15)7-5-4-6-12-8-10-13(16-2)11-9-12/h4,6,8-11H,3,5,7H2,1-2H3/b6-4+. The van der Waals surface area contributed by atoms with Crippen LogP contribution in [0.2, 0.25) is 0 Å². The lowest BCUT2D eigenvalue weighted by Crippen LogP contribution is -2.02. The topological polar surface area (TPSA) is 35.5 Å². The van der Waals surface area contributed by atoms with Crippen LogP contribution in [0.15, 0.2) is 30.3 Å². The van der Waals surface area contributed by atoms with E-state index in [1.54, 1.807) is 7.11 Å². The fourth-order valence-corrected chi connectivity index (χ4v) is 1.37. The van der Waals surface area contributed by atoms with Crippen LogP contribution in [0.4, 0.5) is 0 Å². The van der Waals surface area contributed by atoms with Crippen molar-refractivity contribution in [3.8, 4) is 5.75 Å². The van der Waals surface area contributed by atoms with Crippen LogP contribution in [-0.4, -0.2) is 19.7 Å². The third kappa shape index (κ3) is 5.20. The van der Waals surface area contributed by atoms with Crippen molar-refractivity contribution in [1.82, 2.24) is 0 Å². The molecule has 0 bridgehead atoms. The highest BCUT2D eigenvalue weighted by Gasteiger charge is 1.97. The monoisotopic (exact) mass is 234 g/mol. The molecular formula is C14H18O3. The number of esters is 1. The Hall–Kier alpha value is -1.77. The summed E-state index contributed by atoms with van der Waals surface area (Å²) in [6.45, 7) is 2.26. The van der Waals surface area contributed by atoms with Crippen molar-refractivity contribution in [2.45, 2.75) is 19.8 Å². The second-order valence-corrected chi connectivity index (χ2v) is 3.52. The first-order valence-electron chi connectivity index (χ1n) is 5.72. The molecule has 0 saturated carbocycles. The van der Waals surface area contributed by atoms with Gasteiger partial charge in [0.25, 0.3) is 0 Å². The minimum atomic E-state index is -0.146. The molecule has 0 aliphatic heterocycles. The Kier molecular flexibility index (Phi) is 5.86. The third-order valence-electron chi connectivity index (χ3n) is 2.25. The number of hydrogen-bond donors (Lipinski definition) is 0. The smallest absolute Gasteiger partial charge is 0.306 e. The van der Waals surface area contributed by atoms with Crippen LogP contribution >= 0.6 is 0 Å². The largest absolute Gasteiger partial charge is 0.497 e. The molecule has 0 aromatic heterocycles. The van der Waals surface area contributed by atoms with Crippen molar-refractivity contribution in [3.63, 3.8) is 0 Å². The highest BCUT2D eigenvalue weighted by Crippen LogP contribution is 2.12. The van der Waals surface area contributed by atoms with Gasteiger partial charge in [-0.15, -0.1) is 0 Å². The summed E-state index contributed by atoms with van der Waals surface area (Å²) in [5.74, 6) is 0.695. The molecule has 0 aliphatic carbocycles. The van der Waals surface area contributed by atoms with Crippen LogP contribution in [0, 0.1) is 0 Å². The summed E-state index contributed by atoms with van der Waals surface area (Å²) in [4.78, 5) is 11.1. The summed E-state index contributed by atoms with van der Waals surface area (Å²) in [6, 6.07) is 7.76. The Bertz CT molecular complexity index is 366. The molecule has 0 N–H and O–H groups in total. The molecule has 1 rings (SSSR count). The number of allylic oxidation sites excluding steroid dienone is 1. The van der Waals surface area contributed by atoms with E-state index in [4.69, 9.17) is 9.47 Å². The second kappa shape index (κ2) is 7.49. The first-order chi connectivity index (χ1) is 8.26. The highest BCUT2D eigenvalue weighted by molar-refractivity contribution is 5.69. The second-order valence-electron chi connectivity index (χ2n) is 3.52. The summed E-state index contributed by atoms with van der Waals surface area (Å²) in [5.41, 5.74) is 1.09. The number of carbonyl (C=O) groups is 1. The molecule has 0 atom stereocenters. The van der Waals surface area contributed by atoms with Crippen molar-refractivity contribution in [1.29, 1.82) is 0 Å². The summed E-state index contributed by atoms with van der Waals surface area (Å²) in [7, 11) is 1.64. The fraction of sp³-hybridized carbons (Fsp3) is 0.357. The predicted octanol–water partition coefficient (Wildman–Crippen LogP) is 3.05. The molecule has 0 unspecified atom stereocenters. The number of ether oxygens (including phenoxy) is 2. The number of hydrogen-bond acceptors (Lipinski definition) is 3.